The van der Waals surface area contributed by atoms with Gasteiger partial charge in [-0.15, -0.1) is 0 Å². The molecule has 3 aromatic rings. The van der Waals surface area contributed by atoms with Crippen molar-refractivity contribution >= 4 is 0 Å². The van der Waals surface area contributed by atoms with Gasteiger partial charge >= 0.3 is 0 Å². The quantitative estimate of drug-likeness (QED) is 0.468. The molecule has 0 saturated carbocycles. The molecule has 2 N–H and O–H groups in total. The minimum absolute atomic E-state index is 0.351. The van der Waals surface area contributed by atoms with E-state index in [1.54, 1.807) is 30.6 Å². The predicted octanol–water partition coefficient (Wildman–Crippen LogP) is 4.45. The van der Waals surface area contributed by atoms with Crippen LogP contribution >= 0.6 is 0 Å². The standard InChI is InChI=1S/C31H37N3O3/c1-7-30(35,27-9-8-10-28(33-27)37-6)16-15-23-17-26(19-32-18-23)31(36,29(4)20-34(5)21-29)25-13-11-24(12-14-25)22(2)3/h8-14,17-19,22,35-36H,7,20-21H2,1-6H3. The van der Waals surface area contributed by atoms with Crippen molar-refractivity contribution in [3.05, 3.63) is 88.9 Å². The number of rotatable bonds is 7. The number of pyridine rings is 2. The van der Waals surface area contributed by atoms with Gasteiger partial charge in [-0.2, -0.15) is 0 Å². The average Bonchev–Trinajstić information content (AvgIpc) is 2.90. The zero-order valence-corrected chi connectivity index (χ0v) is 22.6. The highest BCUT2D eigenvalue weighted by Gasteiger charge is 2.55. The number of methoxy groups -OCH3 is 1. The van der Waals surface area contributed by atoms with Crippen LogP contribution in [0.3, 0.4) is 0 Å². The molecular weight excluding hydrogens is 462 g/mol. The van der Waals surface area contributed by atoms with Crippen LogP contribution in [0.1, 0.15) is 68.0 Å². The first-order valence-electron chi connectivity index (χ1n) is 12.8. The zero-order valence-electron chi connectivity index (χ0n) is 22.6. The maximum absolute atomic E-state index is 12.4. The summed E-state index contributed by atoms with van der Waals surface area (Å²) in [6, 6.07) is 15.4. The maximum atomic E-state index is 12.4. The van der Waals surface area contributed by atoms with Gasteiger partial charge < -0.3 is 19.8 Å². The molecule has 2 unspecified atom stereocenters. The third kappa shape index (κ3) is 5.00. The van der Waals surface area contributed by atoms with E-state index < -0.39 is 16.6 Å². The van der Waals surface area contributed by atoms with Crippen LogP contribution in [-0.2, 0) is 11.2 Å². The number of benzene rings is 1. The Morgan fingerprint density at radius 1 is 1.08 bits per heavy atom. The van der Waals surface area contributed by atoms with Crippen LogP contribution in [0.2, 0.25) is 0 Å². The number of aromatic nitrogens is 2. The summed E-state index contributed by atoms with van der Waals surface area (Å²) in [6.45, 7) is 9.80. The number of likely N-dealkylation sites (tertiary alicyclic amines) is 1. The average molecular weight is 500 g/mol. The molecule has 6 heteroatoms. The molecule has 0 aliphatic carbocycles. The first-order valence-corrected chi connectivity index (χ1v) is 12.8. The van der Waals surface area contributed by atoms with Crippen LogP contribution in [0.4, 0.5) is 0 Å². The minimum atomic E-state index is -1.45. The van der Waals surface area contributed by atoms with Crippen LogP contribution in [0, 0.1) is 17.3 Å². The fourth-order valence-electron chi connectivity index (χ4n) is 5.32. The Morgan fingerprint density at radius 3 is 2.38 bits per heavy atom. The zero-order chi connectivity index (χ0) is 26.8. The molecule has 2 atom stereocenters. The van der Waals surface area contributed by atoms with E-state index in [0.717, 1.165) is 18.7 Å². The van der Waals surface area contributed by atoms with Crippen LogP contribution < -0.4 is 4.74 Å². The van der Waals surface area contributed by atoms with E-state index in [9.17, 15) is 10.2 Å². The fourth-order valence-corrected chi connectivity index (χ4v) is 5.32. The molecule has 1 saturated heterocycles. The summed E-state index contributed by atoms with van der Waals surface area (Å²) >= 11 is 0. The summed E-state index contributed by atoms with van der Waals surface area (Å²) < 4.78 is 5.22. The van der Waals surface area contributed by atoms with Crippen LogP contribution in [0.5, 0.6) is 5.88 Å². The molecule has 2 aromatic heterocycles. The Bertz CT molecular complexity index is 1310. The second-order valence-electron chi connectivity index (χ2n) is 10.7. The third-order valence-corrected chi connectivity index (χ3v) is 7.54. The highest BCUT2D eigenvalue weighted by molar-refractivity contribution is 5.45. The Kier molecular flexibility index (Phi) is 7.43. The lowest BCUT2D eigenvalue weighted by molar-refractivity contribution is -0.127. The van der Waals surface area contributed by atoms with Crippen LogP contribution in [0.25, 0.3) is 0 Å². The van der Waals surface area contributed by atoms with E-state index in [2.05, 4.69) is 66.7 Å². The molecule has 0 amide bonds. The van der Waals surface area contributed by atoms with Crippen molar-refractivity contribution in [2.75, 3.05) is 27.2 Å². The highest BCUT2D eigenvalue weighted by atomic mass is 16.5. The Morgan fingerprint density at radius 2 is 1.78 bits per heavy atom. The van der Waals surface area contributed by atoms with Crippen molar-refractivity contribution in [3.63, 3.8) is 0 Å². The molecule has 0 spiro atoms. The normalized spacial score (nSPS) is 18.2. The van der Waals surface area contributed by atoms with E-state index in [4.69, 9.17) is 4.74 Å². The summed E-state index contributed by atoms with van der Waals surface area (Å²) in [5.74, 6) is 6.92. The van der Waals surface area contributed by atoms with Crippen LogP contribution in [0.15, 0.2) is 60.9 Å². The lowest BCUT2D eigenvalue weighted by Gasteiger charge is -2.55. The molecule has 4 rings (SSSR count). The van der Waals surface area contributed by atoms with Crippen molar-refractivity contribution < 1.29 is 14.9 Å². The molecule has 194 valence electrons. The topological polar surface area (TPSA) is 78.7 Å². The van der Waals surface area contributed by atoms with E-state index in [1.807, 2.05) is 25.1 Å². The van der Waals surface area contributed by atoms with E-state index in [0.29, 0.717) is 35.0 Å². The molecular formula is C31H37N3O3. The summed E-state index contributed by atoms with van der Waals surface area (Å²) in [4.78, 5) is 11.0. The SMILES string of the molecule is CCC(O)(C#Cc1cncc(C(O)(c2ccc(C(C)C)cc2)C2(C)CN(C)C2)c1)c1cccc(OC)n1. The number of aliphatic hydroxyl groups is 2. The van der Waals surface area contributed by atoms with Gasteiger partial charge in [-0.3, -0.25) is 4.98 Å². The first-order chi connectivity index (χ1) is 17.5. The molecule has 1 fully saturated rings. The van der Waals surface area contributed by atoms with Crippen molar-refractivity contribution in [2.45, 2.75) is 51.2 Å². The highest BCUT2D eigenvalue weighted by Crippen LogP contribution is 2.50. The van der Waals surface area contributed by atoms with Crippen molar-refractivity contribution in [1.29, 1.82) is 0 Å². The Balaban J connectivity index is 1.76. The summed E-state index contributed by atoms with van der Waals surface area (Å²) in [6.07, 6.45) is 3.73. The van der Waals surface area contributed by atoms with Gasteiger partial charge in [0.2, 0.25) is 5.88 Å². The number of hydrogen-bond donors (Lipinski definition) is 2. The molecule has 1 aliphatic heterocycles. The lowest BCUT2D eigenvalue weighted by Crippen LogP contribution is -2.63. The Labute approximate surface area is 220 Å². The second kappa shape index (κ2) is 10.3. The number of ether oxygens (including phenoxy) is 1. The van der Waals surface area contributed by atoms with Gasteiger partial charge in [0, 0.05) is 48.1 Å². The van der Waals surface area contributed by atoms with Crippen molar-refractivity contribution in [2.24, 2.45) is 5.41 Å². The molecule has 1 aliphatic rings. The fraction of sp³-hybridized carbons (Fsp3) is 0.419. The first kappa shape index (κ1) is 26.8. The van der Waals surface area contributed by atoms with Crippen molar-refractivity contribution in [3.8, 4) is 17.7 Å². The summed E-state index contributed by atoms with van der Waals surface area (Å²) in [5.41, 5.74) is 0.689. The monoisotopic (exact) mass is 499 g/mol. The lowest BCUT2D eigenvalue weighted by atomic mass is 9.62. The second-order valence-corrected chi connectivity index (χ2v) is 10.7. The summed E-state index contributed by atoms with van der Waals surface area (Å²) in [7, 11) is 3.60. The van der Waals surface area contributed by atoms with Gasteiger partial charge in [-0.25, -0.2) is 4.98 Å². The van der Waals surface area contributed by atoms with Gasteiger partial charge in [-0.05, 0) is 42.6 Å². The Hall–Kier alpha value is -3.24. The predicted molar refractivity (Wildman–Crippen MR) is 145 cm³/mol. The van der Waals surface area contributed by atoms with Gasteiger partial charge in [0.25, 0.3) is 0 Å². The number of hydrogen-bond acceptors (Lipinski definition) is 6. The van der Waals surface area contributed by atoms with E-state index in [1.165, 1.54) is 12.7 Å². The van der Waals surface area contributed by atoms with E-state index >= 15 is 0 Å². The van der Waals surface area contributed by atoms with Gasteiger partial charge in [0.05, 0.1) is 12.8 Å². The number of nitrogens with zero attached hydrogens (tertiary/aromatic N) is 3. The molecule has 1 aromatic carbocycles. The summed E-state index contributed by atoms with van der Waals surface area (Å²) in [5, 5.41) is 23.7. The van der Waals surface area contributed by atoms with Crippen molar-refractivity contribution in [1.82, 2.24) is 14.9 Å². The van der Waals surface area contributed by atoms with Gasteiger partial charge in [0.1, 0.15) is 5.60 Å². The smallest absolute Gasteiger partial charge is 0.213 e. The minimum Gasteiger partial charge on any atom is -0.481 e. The maximum Gasteiger partial charge on any atom is 0.213 e. The molecule has 0 bridgehead atoms. The molecule has 3 heterocycles. The molecule has 6 nitrogen and oxygen atoms in total. The van der Waals surface area contributed by atoms with E-state index in [-0.39, 0.29) is 0 Å². The van der Waals surface area contributed by atoms with Gasteiger partial charge in [0.15, 0.2) is 5.60 Å². The largest absolute Gasteiger partial charge is 0.481 e. The third-order valence-electron chi connectivity index (χ3n) is 7.54. The molecule has 37 heavy (non-hydrogen) atoms. The van der Waals surface area contributed by atoms with Gasteiger partial charge in [-0.1, -0.05) is 69.9 Å². The molecule has 0 radical (unpaired) electrons. The van der Waals surface area contributed by atoms with Crippen LogP contribution in [-0.4, -0.2) is 52.3 Å².